The van der Waals surface area contributed by atoms with Crippen LogP contribution < -0.4 is 9.47 Å². The summed E-state index contributed by atoms with van der Waals surface area (Å²) in [7, 11) is -3.81. The van der Waals surface area contributed by atoms with Crippen molar-refractivity contribution in [2.75, 3.05) is 6.26 Å². The molecule has 0 fully saturated rings. The highest BCUT2D eigenvalue weighted by Gasteiger charge is 2.24. The fourth-order valence-corrected chi connectivity index (χ4v) is 5.17. The minimum absolute atomic E-state index is 0.00344. The number of H-pyrrole nitrogens is 1. The first-order valence-corrected chi connectivity index (χ1v) is 16.5. The Kier molecular flexibility index (Phi) is 9.50. The van der Waals surface area contributed by atoms with Gasteiger partial charge in [-0.15, -0.1) is 0 Å². The third-order valence-corrected chi connectivity index (χ3v) is 8.00. The maximum absolute atomic E-state index is 12.6. The molecular formula is C33H21ClN8O7S. The molecule has 0 aliphatic rings. The van der Waals surface area contributed by atoms with E-state index in [1.165, 1.54) is 18.3 Å². The number of aromatic carboxylic acids is 1. The van der Waals surface area contributed by atoms with E-state index >= 15 is 0 Å². The van der Waals surface area contributed by atoms with Gasteiger partial charge in [0.2, 0.25) is 11.6 Å². The summed E-state index contributed by atoms with van der Waals surface area (Å²) in [5.74, 6) is 9.70. The number of ether oxygens (including phenoxy) is 2. The van der Waals surface area contributed by atoms with E-state index in [4.69, 9.17) is 21.1 Å². The Morgan fingerprint density at radius 1 is 0.920 bits per heavy atom. The van der Waals surface area contributed by atoms with Crippen LogP contribution in [0, 0.1) is 23.7 Å². The van der Waals surface area contributed by atoms with Gasteiger partial charge in [-0.25, -0.2) is 27.9 Å². The van der Waals surface area contributed by atoms with E-state index in [1.54, 1.807) is 54.6 Å². The smallest absolute Gasteiger partial charge is 0.360 e. The number of sulfone groups is 1. The first-order valence-electron chi connectivity index (χ1n) is 14.2. The number of halogens is 1. The van der Waals surface area contributed by atoms with E-state index < -0.39 is 27.4 Å². The number of pyridine rings is 2. The minimum atomic E-state index is -3.81. The second-order valence-electron chi connectivity index (χ2n) is 10.1. The normalized spacial score (nSPS) is 10.8. The Bertz CT molecular complexity index is 2460. The molecule has 0 radical (unpaired) electrons. The number of benzene rings is 2. The van der Waals surface area contributed by atoms with Crippen molar-refractivity contribution < 1.29 is 32.9 Å². The van der Waals surface area contributed by atoms with Gasteiger partial charge in [-0.3, -0.25) is 5.10 Å². The van der Waals surface area contributed by atoms with Gasteiger partial charge in [0.05, 0.1) is 23.5 Å². The van der Waals surface area contributed by atoms with Gasteiger partial charge < -0.3 is 19.7 Å². The predicted octanol–water partition coefficient (Wildman–Crippen LogP) is 3.81. The minimum Gasteiger partial charge on any atom is -0.476 e. The molecule has 6 aromatic rings. The molecule has 248 valence electrons. The Hall–Kier alpha value is -6.59. The summed E-state index contributed by atoms with van der Waals surface area (Å²) in [4.78, 5) is 20.5. The number of carbonyl (C=O) groups is 1. The Morgan fingerprint density at radius 3 is 2.34 bits per heavy atom. The molecule has 17 heteroatoms. The number of carboxylic acids is 1. The van der Waals surface area contributed by atoms with Gasteiger partial charge in [-0.05, 0) is 54.3 Å². The molecule has 0 atom stereocenters. The van der Waals surface area contributed by atoms with Gasteiger partial charge in [-0.2, -0.15) is 0 Å². The van der Waals surface area contributed by atoms with Gasteiger partial charge in [0.25, 0.3) is 11.8 Å². The van der Waals surface area contributed by atoms with E-state index in [1.807, 2.05) is 6.07 Å². The number of nitrogens with zero attached hydrogens (tertiary/aromatic N) is 7. The Labute approximate surface area is 288 Å². The standard InChI is InChI=1S/C33H21ClN8O7S/c1-50(46,47)28-17-23(18-35-26(28)15-10-20-5-3-2-4-6-20)48-32-30(33(44)45)42(41-39-32)22-11-7-21(8-12-22)9-14-25-24(34)13-16-29(36-25)49-31-27(19-43)37-40-38-31/h2-8,11-13,16-18,43H,19H2,1H3,(H,44,45)(H,37,38,40). The zero-order chi connectivity index (χ0) is 35.3. The van der Waals surface area contributed by atoms with Crippen molar-refractivity contribution in [1.29, 1.82) is 0 Å². The van der Waals surface area contributed by atoms with Crippen molar-refractivity contribution in [3.05, 3.63) is 118 Å². The molecule has 0 amide bonds. The second kappa shape index (κ2) is 14.3. The molecule has 0 spiro atoms. The van der Waals surface area contributed by atoms with Crippen LogP contribution in [0.25, 0.3) is 5.69 Å². The lowest BCUT2D eigenvalue weighted by molar-refractivity contribution is 0.0684. The summed E-state index contributed by atoms with van der Waals surface area (Å²) in [6.07, 6.45) is 2.21. The lowest BCUT2D eigenvalue weighted by Gasteiger charge is -2.08. The van der Waals surface area contributed by atoms with E-state index in [0.717, 1.165) is 10.9 Å². The number of aromatic nitrogens is 8. The number of hydrogen-bond donors (Lipinski definition) is 3. The molecule has 3 N–H and O–H groups in total. The highest BCUT2D eigenvalue weighted by Crippen LogP contribution is 2.28. The Balaban J connectivity index is 1.23. The number of aromatic amines is 1. The van der Waals surface area contributed by atoms with Crippen LogP contribution in [0.5, 0.6) is 23.4 Å². The molecule has 6 rings (SSSR count). The zero-order valence-electron chi connectivity index (χ0n) is 25.6. The molecule has 0 saturated heterocycles. The summed E-state index contributed by atoms with van der Waals surface area (Å²) in [6, 6.07) is 19.6. The summed E-state index contributed by atoms with van der Waals surface area (Å²) < 4.78 is 37.4. The first kappa shape index (κ1) is 33.3. The molecular weight excluding hydrogens is 688 g/mol. The van der Waals surface area contributed by atoms with Crippen molar-refractivity contribution >= 4 is 27.4 Å². The Morgan fingerprint density at radius 2 is 1.64 bits per heavy atom. The SMILES string of the molecule is CS(=O)(=O)c1cc(Oc2nnn(-c3ccc(C#Cc4nc(Oc5nn[nH]c5CO)ccc4Cl)cc3)c2C(=O)O)cnc1C#Cc1ccccc1. The van der Waals surface area contributed by atoms with Crippen molar-refractivity contribution in [2.24, 2.45) is 0 Å². The lowest BCUT2D eigenvalue weighted by atomic mass is 10.2. The fraction of sp³-hybridized carbons (Fsp3) is 0.0606. The van der Waals surface area contributed by atoms with Gasteiger partial charge in [0, 0.05) is 29.5 Å². The van der Waals surface area contributed by atoms with E-state index in [-0.39, 0.29) is 51.1 Å². The second-order valence-corrected chi connectivity index (χ2v) is 12.5. The number of carboxylic acid groups (broad SMARTS) is 1. The summed E-state index contributed by atoms with van der Waals surface area (Å²) >= 11 is 6.27. The quantitative estimate of drug-likeness (QED) is 0.193. The van der Waals surface area contributed by atoms with Crippen molar-refractivity contribution in [2.45, 2.75) is 11.5 Å². The number of hydrogen-bond acceptors (Lipinski definition) is 12. The molecule has 4 heterocycles. The number of aliphatic hydroxyl groups excluding tert-OH is 1. The van der Waals surface area contributed by atoms with Crippen LogP contribution in [0.2, 0.25) is 5.02 Å². The van der Waals surface area contributed by atoms with Crippen LogP contribution in [0.15, 0.2) is 83.9 Å². The summed E-state index contributed by atoms with van der Waals surface area (Å²) in [6.45, 7) is -0.362. The molecule has 0 saturated carbocycles. The molecule has 50 heavy (non-hydrogen) atoms. The maximum Gasteiger partial charge on any atom is 0.360 e. The number of aliphatic hydroxyl groups is 1. The molecule has 4 aromatic heterocycles. The highest BCUT2D eigenvalue weighted by atomic mass is 35.5. The van der Waals surface area contributed by atoms with Gasteiger partial charge in [-0.1, -0.05) is 62.3 Å². The molecule has 0 bridgehead atoms. The summed E-state index contributed by atoms with van der Waals surface area (Å²) in [5.41, 5.74) is 1.55. The van der Waals surface area contributed by atoms with Crippen LogP contribution in [0.4, 0.5) is 0 Å². The van der Waals surface area contributed by atoms with Crippen LogP contribution in [-0.2, 0) is 16.4 Å². The third kappa shape index (κ3) is 7.59. The van der Waals surface area contributed by atoms with Gasteiger partial charge in [0.1, 0.15) is 27.7 Å². The van der Waals surface area contributed by atoms with Gasteiger partial charge >= 0.3 is 5.97 Å². The molecule has 2 aromatic carbocycles. The largest absolute Gasteiger partial charge is 0.476 e. The lowest BCUT2D eigenvalue weighted by Crippen LogP contribution is -2.09. The summed E-state index contributed by atoms with van der Waals surface area (Å²) in [5, 5.41) is 37.3. The zero-order valence-corrected chi connectivity index (χ0v) is 27.1. The molecule has 15 nitrogen and oxygen atoms in total. The fourth-order valence-electron chi connectivity index (χ4n) is 4.23. The maximum atomic E-state index is 12.6. The average molecular weight is 709 g/mol. The first-order chi connectivity index (χ1) is 24.1. The number of nitrogens with one attached hydrogen (secondary N) is 1. The monoisotopic (exact) mass is 708 g/mol. The van der Waals surface area contributed by atoms with Crippen molar-refractivity contribution in [3.63, 3.8) is 0 Å². The molecule has 0 unspecified atom stereocenters. The predicted molar refractivity (Wildman–Crippen MR) is 176 cm³/mol. The van der Waals surface area contributed by atoms with E-state index in [0.29, 0.717) is 16.8 Å². The van der Waals surface area contributed by atoms with Crippen molar-refractivity contribution in [1.82, 2.24) is 40.4 Å². The van der Waals surface area contributed by atoms with Crippen LogP contribution in [0.1, 0.15) is 38.7 Å². The molecule has 0 aliphatic heterocycles. The van der Waals surface area contributed by atoms with E-state index in [9.17, 15) is 23.4 Å². The van der Waals surface area contributed by atoms with Crippen LogP contribution in [0.3, 0.4) is 0 Å². The van der Waals surface area contributed by atoms with Crippen LogP contribution in [-0.4, -0.2) is 71.2 Å². The van der Waals surface area contributed by atoms with E-state index in [2.05, 4.69) is 59.4 Å². The number of rotatable bonds is 8. The van der Waals surface area contributed by atoms with Crippen LogP contribution >= 0.6 is 11.6 Å². The topological polar surface area (TPSA) is 208 Å². The highest BCUT2D eigenvalue weighted by molar-refractivity contribution is 7.90. The third-order valence-electron chi connectivity index (χ3n) is 6.58. The van der Waals surface area contributed by atoms with Gasteiger partial charge in [0.15, 0.2) is 9.84 Å². The van der Waals surface area contributed by atoms with Crippen molar-refractivity contribution in [3.8, 4) is 52.8 Å². The average Bonchev–Trinajstić information content (AvgIpc) is 3.75. The molecule has 0 aliphatic carbocycles.